The van der Waals surface area contributed by atoms with Crippen molar-refractivity contribution in [3.63, 3.8) is 0 Å². The number of amides is 2. The molecule has 0 saturated carbocycles. The summed E-state index contributed by atoms with van der Waals surface area (Å²) in [5.41, 5.74) is 6.04. The summed E-state index contributed by atoms with van der Waals surface area (Å²) in [4.78, 5) is 25.5. The van der Waals surface area contributed by atoms with Gasteiger partial charge in [0.2, 0.25) is 11.8 Å². The Morgan fingerprint density at radius 3 is 2.82 bits per heavy atom. The van der Waals surface area contributed by atoms with Gasteiger partial charge in [-0.3, -0.25) is 9.59 Å². The SMILES string of the molecule is COc1ccc(CC(=O)N2CCCC[C@@H]2CC(N)=O)c(Cl)c1. The summed E-state index contributed by atoms with van der Waals surface area (Å²) in [5.74, 6) is 0.274. The van der Waals surface area contributed by atoms with Crippen LogP contribution in [0.1, 0.15) is 31.2 Å². The van der Waals surface area contributed by atoms with Crippen LogP contribution in [0, 0.1) is 0 Å². The second-order valence-corrected chi connectivity index (χ2v) is 5.95. The van der Waals surface area contributed by atoms with E-state index in [1.807, 2.05) is 0 Å². The Balaban J connectivity index is 2.08. The van der Waals surface area contributed by atoms with Gasteiger partial charge in [0.15, 0.2) is 0 Å². The molecular formula is C16H21ClN2O3. The summed E-state index contributed by atoms with van der Waals surface area (Å²) in [6.45, 7) is 0.671. The molecule has 1 fully saturated rings. The summed E-state index contributed by atoms with van der Waals surface area (Å²) in [6.07, 6.45) is 3.24. The van der Waals surface area contributed by atoms with Crippen molar-refractivity contribution in [1.29, 1.82) is 0 Å². The molecule has 1 aromatic carbocycles. The third-order valence-electron chi connectivity index (χ3n) is 3.99. The molecule has 1 aliphatic rings. The Morgan fingerprint density at radius 1 is 1.41 bits per heavy atom. The van der Waals surface area contributed by atoms with Gasteiger partial charge >= 0.3 is 0 Å². The molecule has 6 heteroatoms. The summed E-state index contributed by atoms with van der Waals surface area (Å²) < 4.78 is 5.10. The lowest BCUT2D eigenvalue weighted by molar-refractivity contribution is -0.135. The first-order valence-electron chi connectivity index (χ1n) is 7.41. The number of rotatable bonds is 5. The number of likely N-dealkylation sites (tertiary alicyclic amines) is 1. The Labute approximate surface area is 135 Å². The van der Waals surface area contributed by atoms with Gasteiger partial charge in [-0.25, -0.2) is 0 Å². The molecule has 1 atom stereocenters. The third-order valence-corrected chi connectivity index (χ3v) is 4.34. The predicted molar refractivity (Wildman–Crippen MR) is 84.9 cm³/mol. The van der Waals surface area contributed by atoms with Crippen molar-refractivity contribution in [2.24, 2.45) is 5.73 Å². The molecule has 22 heavy (non-hydrogen) atoms. The minimum absolute atomic E-state index is 0.0157. The number of piperidine rings is 1. The highest BCUT2D eigenvalue weighted by Gasteiger charge is 2.28. The lowest BCUT2D eigenvalue weighted by atomic mass is 9.98. The number of hydrogen-bond acceptors (Lipinski definition) is 3. The van der Waals surface area contributed by atoms with E-state index < -0.39 is 0 Å². The predicted octanol–water partition coefficient (Wildman–Crippen LogP) is 2.15. The van der Waals surface area contributed by atoms with Gasteiger partial charge in [-0.2, -0.15) is 0 Å². The zero-order chi connectivity index (χ0) is 16.1. The van der Waals surface area contributed by atoms with Crippen molar-refractivity contribution in [2.75, 3.05) is 13.7 Å². The molecule has 0 radical (unpaired) electrons. The molecule has 0 aromatic heterocycles. The lowest BCUT2D eigenvalue weighted by Gasteiger charge is -2.35. The van der Waals surface area contributed by atoms with Gasteiger partial charge in [-0.05, 0) is 37.0 Å². The Morgan fingerprint density at radius 2 is 2.18 bits per heavy atom. The first-order chi connectivity index (χ1) is 10.5. The van der Waals surface area contributed by atoms with Crippen LogP contribution >= 0.6 is 11.6 Å². The number of nitrogens with zero attached hydrogens (tertiary/aromatic N) is 1. The molecule has 2 amide bonds. The number of benzene rings is 1. The molecule has 2 rings (SSSR count). The number of carbonyl (C=O) groups is 2. The van der Waals surface area contributed by atoms with Crippen molar-refractivity contribution in [3.8, 4) is 5.75 Å². The van der Waals surface area contributed by atoms with E-state index in [0.717, 1.165) is 24.8 Å². The van der Waals surface area contributed by atoms with Gasteiger partial charge < -0.3 is 15.4 Å². The highest BCUT2D eigenvalue weighted by atomic mass is 35.5. The molecule has 120 valence electrons. The summed E-state index contributed by atoms with van der Waals surface area (Å²) in [6, 6.07) is 5.19. The molecule has 2 N–H and O–H groups in total. The quantitative estimate of drug-likeness (QED) is 0.902. The van der Waals surface area contributed by atoms with E-state index in [0.29, 0.717) is 17.3 Å². The first kappa shape index (κ1) is 16.6. The molecule has 0 aliphatic carbocycles. The highest BCUT2D eigenvalue weighted by molar-refractivity contribution is 6.31. The van der Waals surface area contributed by atoms with E-state index in [2.05, 4.69) is 0 Å². The van der Waals surface area contributed by atoms with Crippen molar-refractivity contribution in [3.05, 3.63) is 28.8 Å². The molecular weight excluding hydrogens is 304 g/mol. The normalized spacial score (nSPS) is 18.1. The second kappa shape index (κ2) is 7.49. The monoisotopic (exact) mass is 324 g/mol. The molecule has 1 aliphatic heterocycles. The summed E-state index contributed by atoms with van der Waals surface area (Å²) in [5, 5.41) is 0.510. The Kier molecular flexibility index (Phi) is 5.66. The summed E-state index contributed by atoms with van der Waals surface area (Å²) in [7, 11) is 1.57. The fourth-order valence-corrected chi connectivity index (χ4v) is 3.07. The maximum atomic E-state index is 12.6. The second-order valence-electron chi connectivity index (χ2n) is 5.54. The number of methoxy groups -OCH3 is 1. The number of ether oxygens (including phenoxy) is 1. The average molecular weight is 325 g/mol. The third kappa shape index (κ3) is 4.13. The van der Waals surface area contributed by atoms with E-state index in [9.17, 15) is 9.59 Å². The zero-order valence-corrected chi connectivity index (χ0v) is 13.4. The van der Waals surface area contributed by atoms with Crippen molar-refractivity contribution < 1.29 is 14.3 Å². The van der Waals surface area contributed by atoms with Gasteiger partial charge in [0.25, 0.3) is 0 Å². The number of primary amides is 1. The van der Waals surface area contributed by atoms with Gasteiger partial charge in [0.05, 0.1) is 13.5 Å². The zero-order valence-electron chi connectivity index (χ0n) is 12.7. The van der Waals surface area contributed by atoms with Gasteiger partial charge in [-0.15, -0.1) is 0 Å². The molecule has 5 nitrogen and oxygen atoms in total. The molecule has 0 bridgehead atoms. The topological polar surface area (TPSA) is 72.6 Å². The van der Waals surface area contributed by atoms with Crippen LogP contribution in [0.4, 0.5) is 0 Å². The molecule has 1 saturated heterocycles. The van der Waals surface area contributed by atoms with E-state index in [1.54, 1.807) is 30.2 Å². The molecule has 0 spiro atoms. The van der Waals surface area contributed by atoms with Crippen molar-refractivity contribution in [2.45, 2.75) is 38.1 Å². The standard InChI is InChI=1S/C16H21ClN2O3/c1-22-13-6-5-11(14(17)10-13)8-16(21)19-7-3-2-4-12(19)9-15(18)20/h5-6,10,12H,2-4,7-9H2,1H3,(H2,18,20)/t12-/m1/s1. The van der Waals surface area contributed by atoms with E-state index in [1.165, 1.54) is 0 Å². The van der Waals surface area contributed by atoms with Crippen LogP contribution in [0.5, 0.6) is 5.75 Å². The molecule has 1 aromatic rings. The lowest BCUT2D eigenvalue weighted by Crippen LogP contribution is -2.46. The number of carbonyl (C=O) groups excluding carboxylic acids is 2. The van der Waals surface area contributed by atoms with Crippen LogP contribution in [0.2, 0.25) is 5.02 Å². The van der Waals surface area contributed by atoms with Crippen molar-refractivity contribution >= 4 is 23.4 Å². The van der Waals surface area contributed by atoms with Crippen LogP contribution in [0.3, 0.4) is 0 Å². The van der Waals surface area contributed by atoms with Crippen molar-refractivity contribution in [1.82, 2.24) is 4.90 Å². The first-order valence-corrected chi connectivity index (χ1v) is 7.79. The van der Waals surface area contributed by atoms with Crippen LogP contribution in [0.15, 0.2) is 18.2 Å². The highest BCUT2D eigenvalue weighted by Crippen LogP contribution is 2.25. The van der Waals surface area contributed by atoms with E-state index in [4.69, 9.17) is 22.1 Å². The van der Waals surface area contributed by atoms with Crippen LogP contribution in [-0.4, -0.2) is 36.4 Å². The number of halogens is 1. The minimum atomic E-state index is -0.368. The summed E-state index contributed by atoms with van der Waals surface area (Å²) >= 11 is 6.19. The van der Waals surface area contributed by atoms with Gasteiger partial charge in [0, 0.05) is 24.0 Å². The number of nitrogens with two attached hydrogens (primary N) is 1. The van der Waals surface area contributed by atoms with Gasteiger partial charge in [-0.1, -0.05) is 17.7 Å². The fourth-order valence-electron chi connectivity index (χ4n) is 2.84. The fraction of sp³-hybridized carbons (Fsp3) is 0.500. The largest absolute Gasteiger partial charge is 0.497 e. The van der Waals surface area contributed by atoms with Gasteiger partial charge in [0.1, 0.15) is 5.75 Å². The van der Waals surface area contributed by atoms with Crippen LogP contribution < -0.4 is 10.5 Å². The Hall–Kier alpha value is -1.75. The Bertz CT molecular complexity index is 562. The molecule has 0 unspecified atom stereocenters. The maximum Gasteiger partial charge on any atom is 0.227 e. The smallest absolute Gasteiger partial charge is 0.227 e. The average Bonchev–Trinajstić information content (AvgIpc) is 2.49. The number of hydrogen-bond donors (Lipinski definition) is 1. The minimum Gasteiger partial charge on any atom is -0.497 e. The van der Waals surface area contributed by atoms with E-state index in [-0.39, 0.29) is 30.7 Å². The van der Waals surface area contributed by atoms with Crippen LogP contribution in [-0.2, 0) is 16.0 Å². The maximum absolute atomic E-state index is 12.6. The van der Waals surface area contributed by atoms with E-state index >= 15 is 0 Å². The van der Waals surface area contributed by atoms with Crippen LogP contribution in [0.25, 0.3) is 0 Å². The molecule has 1 heterocycles.